The van der Waals surface area contributed by atoms with Gasteiger partial charge in [0, 0.05) is 31.6 Å². The van der Waals surface area contributed by atoms with Crippen LogP contribution in [0.1, 0.15) is 24.2 Å². The molecule has 1 spiro atoms. The number of alkyl halides is 3. The SMILES string of the molecule is COc1cn2nc(C)nc(N3CC4(CC(N(C)S(N)(=O)=O)C4)C3)c2c1C(F)(F)F. The molecule has 1 saturated heterocycles. The Bertz CT molecular complexity index is 1070. The van der Waals surface area contributed by atoms with E-state index < -0.39 is 21.9 Å². The molecule has 0 bridgehead atoms. The molecule has 3 heterocycles. The van der Waals surface area contributed by atoms with Crippen LogP contribution in [0.3, 0.4) is 0 Å². The van der Waals surface area contributed by atoms with Crippen LogP contribution >= 0.6 is 0 Å². The van der Waals surface area contributed by atoms with Gasteiger partial charge in [-0.1, -0.05) is 0 Å². The maximum Gasteiger partial charge on any atom is 0.422 e. The van der Waals surface area contributed by atoms with Crippen molar-refractivity contribution >= 4 is 21.5 Å². The Kier molecular flexibility index (Phi) is 4.30. The molecule has 29 heavy (non-hydrogen) atoms. The van der Waals surface area contributed by atoms with Gasteiger partial charge in [0.05, 0.1) is 13.3 Å². The normalized spacial score (nSPS) is 19.7. The summed E-state index contributed by atoms with van der Waals surface area (Å²) in [5.41, 5.74) is -1.20. The van der Waals surface area contributed by atoms with Crippen molar-refractivity contribution in [2.24, 2.45) is 10.6 Å². The summed E-state index contributed by atoms with van der Waals surface area (Å²) in [5.74, 6) is 0.217. The Hall–Kier alpha value is -2.12. The Morgan fingerprint density at radius 2 is 1.97 bits per heavy atom. The van der Waals surface area contributed by atoms with Crippen LogP contribution in [0.2, 0.25) is 0 Å². The number of rotatable bonds is 4. The fourth-order valence-corrected chi connectivity index (χ4v) is 4.94. The molecule has 2 aliphatic rings. The topological polar surface area (TPSA) is 106 Å². The minimum atomic E-state index is -4.63. The minimum Gasteiger partial charge on any atom is -0.494 e. The molecule has 2 N–H and O–H groups in total. The number of fused-ring (bicyclic) bond motifs is 1. The summed E-state index contributed by atoms with van der Waals surface area (Å²) in [7, 11) is -1.15. The molecule has 1 aliphatic carbocycles. The lowest BCUT2D eigenvalue weighted by Crippen LogP contribution is -2.67. The van der Waals surface area contributed by atoms with Crippen molar-refractivity contribution in [1.29, 1.82) is 0 Å². The van der Waals surface area contributed by atoms with E-state index in [1.807, 2.05) is 0 Å². The van der Waals surface area contributed by atoms with E-state index in [9.17, 15) is 21.6 Å². The maximum absolute atomic E-state index is 13.7. The number of aromatic nitrogens is 3. The number of ether oxygens (including phenoxy) is 1. The van der Waals surface area contributed by atoms with Crippen LogP contribution in [-0.4, -0.2) is 60.6 Å². The molecule has 0 unspecified atom stereocenters. The first-order chi connectivity index (χ1) is 13.3. The standard InChI is InChI=1S/C16H21F3N6O3S/c1-9-21-14(13-12(16(17,18)19)11(28-3)6-25(13)22-9)24-7-15(8-24)4-10(5-15)23(2)29(20,26)27/h6,10H,4-5,7-8H2,1-3H3,(H2,20,26,27). The number of aryl methyl sites for hydroxylation is 1. The first-order valence-electron chi connectivity index (χ1n) is 8.86. The zero-order valence-electron chi connectivity index (χ0n) is 16.1. The third-order valence-electron chi connectivity index (χ3n) is 5.79. The van der Waals surface area contributed by atoms with Gasteiger partial charge in [-0.25, -0.2) is 14.6 Å². The molecule has 0 radical (unpaired) electrons. The molecule has 13 heteroatoms. The third kappa shape index (κ3) is 3.20. The maximum atomic E-state index is 13.7. The van der Waals surface area contributed by atoms with Crippen molar-refractivity contribution in [2.45, 2.75) is 32.0 Å². The first kappa shape index (κ1) is 20.2. The number of nitrogens with two attached hydrogens (primary N) is 1. The van der Waals surface area contributed by atoms with Crippen LogP contribution in [0, 0.1) is 12.3 Å². The van der Waals surface area contributed by atoms with E-state index in [1.165, 1.54) is 20.4 Å². The van der Waals surface area contributed by atoms with E-state index in [0.717, 1.165) is 8.82 Å². The van der Waals surface area contributed by atoms with Crippen LogP contribution in [0.15, 0.2) is 6.20 Å². The van der Waals surface area contributed by atoms with E-state index in [2.05, 4.69) is 10.1 Å². The summed E-state index contributed by atoms with van der Waals surface area (Å²) in [6.07, 6.45) is -2.22. The fraction of sp³-hybridized carbons (Fsp3) is 0.625. The summed E-state index contributed by atoms with van der Waals surface area (Å²) in [6, 6.07) is -0.196. The zero-order valence-corrected chi connectivity index (χ0v) is 16.9. The monoisotopic (exact) mass is 434 g/mol. The zero-order chi connectivity index (χ0) is 21.4. The van der Waals surface area contributed by atoms with Gasteiger partial charge in [-0.2, -0.15) is 31.0 Å². The quantitative estimate of drug-likeness (QED) is 0.774. The summed E-state index contributed by atoms with van der Waals surface area (Å²) < 4.78 is 71.3. The number of nitrogens with zero attached hydrogens (tertiary/aromatic N) is 5. The van der Waals surface area contributed by atoms with E-state index in [-0.39, 0.29) is 28.5 Å². The average Bonchev–Trinajstić information content (AvgIpc) is 2.89. The van der Waals surface area contributed by atoms with Crippen LogP contribution in [-0.2, 0) is 16.4 Å². The third-order valence-corrected chi connectivity index (χ3v) is 6.89. The van der Waals surface area contributed by atoms with Gasteiger partial charge >= 0.3 is 6.18 Å². The molecule has 2 fully saturated rings. The van der Waals surface area contributed by atoms with Crippen molar-refractivity contribution < 1.29 is 26.3 Å². The van der Waals surface area contributed by atoms with Crippen LogP contribution in [0.4, 0.5) is 19.0 Å². The van der Waals surface area contributed by atoms with Gasteiger partial charge in [0.15, 0.2) is 11.6 Å². The lowest BCUT2D eigenvalue weighted by molar-refractivity contribution is -0.137. The highest BCUT2D eigenvalue weighted by Gasteiger charge is 2.55. The van der Waals surface area contributed by atoms with Crippen molar-refractivity contribution in [3.63, 3.8) is 0 Å². The van der Waals surface area contributed by atoms with Gasteiger partial charge in [0.25, 0.3) is 10.2 Å². The Morgan fingerprint density at radius 1 is 1.34 bits per heavy atom. The second-order valence-corrected chi connectivity index (χ2v) is 9.43. The molecule has 2 aromatic rings. The highest BCUT2D eigenvalue weighted by Crippen LogP contribution is 2.52. The summed E-state index contributed by atoms with van der Waals surface area (Å²) >= 11 is 0. The lowest BCUT2D eigenvalue weighted by Gasteiger charge is -2.60. The van der Waals surface area contributed by atoms with Crippen LogP contribution in [0.25, 0.3) is 5.52 Å². The van der Waals surface area contributed by atoms with Gasteiger partial charge in [-0.3, -0.25) is 0 Å². The fourth-order valence-electron chi connectivity index (χ4n) is 4.37. The molecule has 0 atom stereocenters. The van der Waals surface area contributed by atoms with Crippen LogP contribution < -0.4 is 14.8 Å². The van der Waals surface area contributed by atoms with E-state index in [1.54, 1.807) is 11.8 Å². The van der Waals surface area contributed by atoms with Gasteiger partial charge in [0.2, 0.25) is 0 Å². The van der Waals surface area contributed by atoms with Crippen molar-refractivity contribution in [2.75, 3.05) is 32.1 Å². The Labute approximate surface area is 165 Å². The van der Waals surface area contributed by atoms with Crippen molar-refractivity contribution in [3.8, 4) is 5.75 Å². The number of hydrogen-bond acceptors (Lipinski definition) is 6. The number of halogens is 3. The largest absolute Gasteiger partial charge is 0.494 e. The second-order valence-electron chi connectivity index (χ2n) is 7.83. The van der Waals surface area contributed by atoms with Gasteiger partial charge in [-0.15, -0.1) is 0 Å². The van der Waals surface area contributed by atoms with E-state index in [4.69, 9.17) is 9.88 Å². The summed E-state index contributed by atoms with van der Waals surface area (Å²) in [5, 5.41) is 9.22. The molecule has 9 nitrogen and oxygen atoms in total. The van der Waals surface area contributed by atoms with E-state index in [0.29, 0.717) is 31.8 Å². The average molecular weight is 434 g/mol. The Morgan fingerprint density at radius 3 is 2.48 bits per heavy atom. The molecule has 0 aromatic carbocycles. The van der Waals surface area contributed by atoms with Crippen molar-refractivity contribution in [3.05, 3.63) is 17.6 Å². The first-order valence-corrected chi connectivity index (χ1v) is 10.4. The molecule has 160 valence electrons. The van der Waals surface area contributed by atoms with Gasteiger partial charge in [0.1, 0.15) is 16.9 Å². The molecule has 4 rings (SSSR count). The van der Waals surface area contributed by atoms with E-state index >= 15 is 0 Å². The second kappa shape index (κ2) is 6.19. The highest BCUT2D eigenvalue weighted by molar-refractivity contribution is 7.86. The number of anilines is 1. The molecule has 1 aliphatic heterocycles. The Balaban J connectivity index is 1.63. The highest BCUT2D eigenvalue weighted by atomic mass is 32.2. The lowest BCUT2D eigenvalue weighted by atomic mass is 9.60. The summed E-state index contributed by atoms with van der Waals surface area (Å²) in [6.45, 7) is 2.58. The number of methoxy groups -OCH3 is 1. The number of hydrogen-bond donors (Lipinski definition) is 1. The molecule has 0 amide bonds. The molecular formula is C16H21F3N6O3S. The molecule has 2 aromatic heterocycles. The predicted molar refractivity (Wildman–Crippen MR) is 97.8 cm³/mol. The van der Waals surface area contributed by atoms with Crippen LogP contribution in [0.5, 0.6) is 5.75 Å². The van der Waals surface area contributed by atoms with Gasteiger partial charge in [-0.05, 0) is 19.8 Å². The molecular weight excluding hydrogens is 413 g/mol. The van der Waals surface area contributed by atoms with Gasteiger partial charge < -0.3 is 9.64 Å². The van der Waals surface area contributed by atoms with Crippen molar-refractivity contribution in [1.82, 2.24) is 18.9 Å². The molecule has 1 saturated carbocycles. The predicted octanol–water partition coefficient (Wildman–Crippen LogP) is 1.17. The summed E-state index contributed by atoms with van der Waals surface area (Å²) in [4.78, 5) is 6.04. The minimum absolute atomic E-state index is 0.144. The smallest absolute Gasteiger partial charge is 0.422 e.